The van der Waals surface area contributed by atoms with Crippen LogP contribution in [0.15, 0.2) is 24.3 Å². The van der Waals surface area contributed by atoms with Gasteiger partial charge < -0.3 is 0 Å². The van der Waals surface area contributed by atoms with Crippen molar-refractivity contribution in [3.63, 3.8) is 0 Å². The average Bonchev–Trinajstić information content (AvgIpc) is 2.92. The molecule has 19 heavy (non-hydrogen) atoms. The molecule has 0 atom stereocenters. The van der Waals surface area contributed by atoms with Crippen LogP contribution in [0.3, 0.4) is 0 Å². The number of carbonyl (C=O) groups excluding carboxylic acids is 1. The molecule has 1 aromatic rings. The second kappa shape index (κ2) is 6.70. The van der Waals surface area contributed by atoms with Gasteiger partial charge in [0, 0.05) is 17.7 Å². The summed E-state index contributed by atoms with van der Waals surface area (Å²) in [5.74, 6) is 2.17. The molecule has 1 aliphatic rings. The van der Waals surface area contributed by atoms with Crippen LogP contribution < -0.4 is 0 Å². The third-order valence-electron chi connectivity index (χ3n) is 3.44. The highest BCUT2D eigenvalue weighted by atomic mass is 32.2. The Balaban J connectivity index is 1.85. The van der Waals surface area contributed by atoms with Crippen molar-refractivity contribution in [3.8, 4) is 0 Å². The van der Waals surface area contributed by atoms with E-state index >= 15 is 0 Å². The Hall–Kier alpha value is -1.36. The van der Waals surface area contributed by atoms with E-state index in [0.29, 0.717) is 11.3 Å². The smallest absolute Gasteiger partial charge is 0.270 e. The number of benzene rings is 1. The van der Waals surface area contributed by atoms with Crippen molar-refractivity contribution in [2.75, 3.05) is 11.5 Å². The number of non-ortho nitro benzene ring substituents is 1. The van der Waals surface area contributed by atoms with E-state index in [1.165, 1.54) is 37.8 Å². The second-order valence-corrected chi connectivity index (χ2v) is 5.93. The number of nitro benzene ring substituents is 1. The standard InChI is InChI=1S/C14H17NO3S/c16-14(10-19-9-11-4-1-2-5-11)12-6-3-7-13(8-12)15(17)18/h3,6-8,11H,1-2,4-5,9-10H2. The number of ketones is 1. The van der Waals surface area contributed by atoms with Crippen LogP contribution >= 0.6 is 11.8 Å². The monoisotopic (exact) mass is 279 g/mol. The number of thioether (sulfide) groups is 1. The molecule has 0 radical (unpaired) electrons. The predicted molar refractivity (Wildman–Crippen MR) is 76.7 cm³/mol. The summed E-state index contributed by atoms with van der Waals surface area (Å²) in [4.78, 5) is 22.1. The molecule has 0 N–H and O–H groups in total. The fraction of sp³-hybridized carbons (Fsp3) is 0.500. The predicted octanol–water partition coefficient (Wildman–Crippen LogP) is 3.70. The fourth-order valence-corrected chi connectivity index (χ4v) is 3.51. The van der Waals surface area contributed by atoms with Gasteiger partial charge in [0.25, 0.3) is 5.69 Å². The summed E-state index contributed by atoms with van der Waals surface area (Å²) in [7, 11) is 0. The van der Waals surface area contributed by atoms with Gasteiger partial charge in [0.1, 0.15) is 0 Å². The van der Waals surface area contributed by atoms with Gasteiger partial charge in [0.05, 0.1) is 10.7 Å². The number of carbonyl (C=O) groups is 1. The third-order valence-corrected chi connectivity index (χ3v) is 4.61. The number of rotatable bonds is 6. The van der Waals surface area contributed by atoms with E-state index in [0.717, 1.165) is 11.7 Å². The fourth-order valence-electron chi connectivity index (χ4n) is 2.37. The normalized spacial score (nSPS) is 15.6. The van der Waals surface area contributed by atoms with E-state index in [2.05, 4.69) is 0 Å². The Kier molecular flexibility index (Phi) is 4.96. The Morgan fingerprint density at radius 3 is 2.79 bits per heavy atom. The van der Waals surface area contributed by atoms with Crippen LogP contribution in [0.4, 0.5) is 5.69 Å². The lowest BCUT2D eigenvalue weighted by Gasteiger charge is -2.07. The summed E-state index contributed by atoms with van der Waals surface area (Å²) in [5, 5.41) is 10.7. The summed E-state index contributed by atoms with van der Waals surface area (Å²) in [6, 6.07) is 5.97. The maximum Gasteiger partial charge on any atom is 0.270 e. The van der Waals surface area contributed by atoms with E-state index in [1.54, 1.807) is 23.9 Å². The van der Waals surface area contributed by atoms with E-state index in [9.17, 15) is 14.9 Å². The van der Waals surface area contributed by atoms with E-state index in [-0.39, 0.29) is 11.5 Å². The van der Waals surface area contributed by atoms with Gasteiger partial charge >= 0.3 is 0 Å². The molecule has 0 aromatic heterocycles. The highest BCUT2D eigenvalue weighted by Gasteiger charge is 2.16. The molecular formula is C14H17NO3S. The molecule has 1 saturated carbocycles. The van der Waals surface area contributed by atoms with Gasteiger partial charge in [0.15, 0.2) is 5.78 Å². The van der Waals surface area contributed by atoms with E-state index in [4.69, 9.17) is 0 Å². The van der Waals surface area contributed by atoms with Gasteiger partial charge in [-0.05, 0) is 24.5 Å². The lowest BCUT2D eigenvalue weighted by molar-refractivity contribution is -0.384. The first-order valence-corrected chi connectivity index (χ1v) is 7.67. The van der Waals surface area contributed by atoms with Gasteiger partial charge in [-0.1, -0.05) is 25.0 Å². The molecule has 0 amide bonds. The van der Waals surface area contributed by atoms with Gasteiger partial charge in [-0.25, -0.2) is 0 Å². The number of nitrogens with zero attached hydrogens (tertiary/aromatic N) is 1. The summed E-state index contributed by atoms with van der Waals surface area (Å²) in [6.07, 6.45) is 5.17. The number of Topliss-reactive ketones (excluding diaryl/α,β-unsaturated/α-hetero) is 1. The van der Waals surface area contributed by atoms with Crippen molar-refractivity contribution < 1.29 is 9.72 Å². The molecule has 0 saturated heterocycles. The van der Waals surface area contributed by atoms with Crippen LogP contribution in [0, 0.1) is 16.0 Å². The average molecular weight is 279 g/mol. The molecule has 5 heteroatoms. The van der Waals surface area contributed by atoms with Crippen LogP contribution in [-0.4, -0.2) is 22.2 Å². The van der Waals surface area contributed by atoms with Crippen molar-refractivity contribution in [3.05, 3.63) is 39.9 Å². The zero-order chi connectivity index (χ0) is 13.7. The van der Waals surface area contributed by atoms with E-state index in [1.807, 2.05) is 0 Å². The molecule has 0 heterocycles. The Labute approximate surface area is 116 Å². The minimum Gasteiger partial charge on any atom is -0.293 e. The summed E-state index contributed by atoms with van der Waals surface area (Å²) in [6.45, 7) is 0. The Bertz CT molecular complexity index is 470. The molecule has 2 rings (SSSR count). The highest BCUT2D eigenvalue weighted by molar-refractivity contribution is 7.99. The van der Waals surface area contributed by atoms with Crippen LogP contribution in [0.1, 0.15) is 36.0 Å². The van der Waals surface area contributed by atoms with Crippen LogP contribution in [0.25, 0.3) is 0 Å². The molecule has 4 nitrogen and oxygen atoms in total. The highest BCUT2D eigenvalue weighted by Crippen LogP contribution is 2.28. The van der Waals surface area contributed by atoms with Gasteiger partial charge in [-0.15, -0.1) is 0 Å². The zero-order valence-corrected chi connectivity index (χ0v) is 11.5. The van der Waals surface area contributed by atoms with Gasteiger partial charge in [-0.3, -0.25) is 14.9 Å². The zero-order valence-electron chi connectivity index (χ0n) is 10.7. The van der Waals surface area contributed by atoms with E-state index < -0.39 is 4.92 Å². The largest absolute Gasteiger partial charge is 0.293 e. The summed E-state index contributed by atoms with van der Waals surface area (Å²) < 4.78 is 0. The molecule has 0 unspecified atom stereocenters. The lowest BCUT2D eigenvalue weighted by Crippen LogP contribution is -2.06. The number of hydrogen-bond acceptors (Lipinski definition) is 4. The van der Waals surface area contributed by atoms with Crippen molar-refractivity contribution >= 4 is 23.2 Å². The third kappa shape index (κ3) is 4.06. The first kappa shape index (κ1) is 14.1. The second-order valence-electron chi connectivity index (χ2n) is 4.90. The molecule has 0 bridgehead atoms. The van der Waals surface area contributed by atoms with Crippen LogP contribution in [-0.2, 0) is 0 Å². The maximum atomic E-state index is 11.9. The van der Waals surface area contributed by atoms with Crippen LogP contribution in [0.2, 0.25) is 0 Å². The van der Waals surface area contributed by atoms with Crippen molar-refractivity contribution in [1.82, 2.24) is 0 Å². The lowest BCUT2D eigenvalue weighted by atomic mass is 10.1. The molecular weight excluding hydrogens is 262 g/mol. The molecule has 1 aliphatic carbocycles. The van der Waals surface area contributed by atoms with Crippen molar-refractivity contribution in [2.24, 2.45) is 5.92 Å². The molecule has 0 spiro atoms. The summed E-state index contributed by atoms with van der Waals surface area (Å²) in [5.41, 5.74) is 0.416. The Morgan fingerprint density at radius 1 is 1.37 bits per heavy atom. The van der Waals surface area contributed by atoms with Gasteiger partial charge in [0.2, 0.25) is 0 Å². The first-order chi connectivity index (χ1) is 9.16. The molecule has 1 fully saturated rings. The number of nitro groups is 1. The molecule has 102 valence electrons. The summed E-state index contributed by atoms with van der Waals surface area (Å²) >= 11 is 1.65. The number of hydrogen-bond donors (Lipinski definition) is 0. The van der Waals surface area contributed by atoms with Gasteiger partial charge in [-0.2, -0.15) is 11.8 Å². The molecule has 1 aromatic carbocycles. The minimum atomic E-state index is -0.470. The van der Waals surface area contributed by atoms with Crippen molar-refractivity contribution in [1.29, 1.82) is 0 Å². The quantitative estimate of drug-likeness (QED) is 0.452. The minimum absolute atomic E-state index is 0.0216. The molecule has 0 aliphatic heterocycles. The SMILES string of the molecule is O=C(CSCC1CCCC1)c1cccc([N+](=O)[O-])c1. The first-order valence-electron chi connectivity index (χ1n) is 6.52. The maximum absolute atomic E-state index is 11.9. The van der Waals surface area contributed by atoms with Crippen LogP contribution in [0.5, 0.6) is 0 Å². The van der Waals surface area contributed by atoms with Crippen molar-refractivity contribution in [2.45, 2.75) is 25.7 Å². The Morgan fingerprint density at radius 2 is 2.11 bits per heavy atom. The topological polar surface area (TPSA) is 60.2 Å².